The molecule has 1 heterocycles. The highest BCUT2D eigenvalue weighted by Gasteiger charge is 2.54. The first-order chi connectivity index (χ1) is 14.7. The zero-order valence-electron chi connectivity index (χ0n) is 18.2. The van der Waals surface area contributed by atoms with Crippen molar-refractivity contribution >= 4 is 9.84 Å². The number of hydrogen-bond acceptors (Lipinski definition) is 6. The minimum atomic E-state index is -3.48. The van der Waals surface area contributed by atoms with Crippen LogP contribution >= 0.6 is 0 Å². The van der Waals surface area contributed by atoms with Crippen LogP contribution in [0.2, 0.25) is 0 Å². The van der Waals surface area contributed by atoms with Crippen LogP contribution < -0.4 is 4.74 Å². The Morgan fingerprint density at radius 1 is 1.06 bits per heavy atom. The molecule has 2 fully saturated rings. The molecule has 0 aromatic heterocycles. The van der Waals surface area contributed by atoms with Crippen molar-refractivity contribution < 1.29 is 27.7 Å². The van der Waals surface area contributed by atoms with Crippen LogP contribution in [0.1, 0.15) is 38.7 Å². The molecule has 2 bridgehead atoms. The molecule has 0 N–H and O–H groups in total. The lowest BCUT2D eigenvalue weighted by atomic mass is 9.71. The number of methoxy groups -OCH3 is 1. The molecule has 0 radical (unpaired) electrons. The van der Waals surface area contributed by atoms with E-state index in [1.807, 2.05) is 38.1 Å². The van der Waals surface area contributed by atoms with Gasteiger partial charge in [0.15, 0.2) is 9.84 Å². The molecule has 168 valence electrons. The molecule has 31 heavy (non-hydrogen) atoms. The Bertz CT molecular complexity index is 990. The molecule has 2 aliphatic rings. The molecular formula is C24H30O6S. The number of hydrogen-bond donors (Lipinski definition) is 0. The second-order valence-electron chi connectivity index (χ2n) is 8.97. The fourth-order valence-corrected chi connectivity index (χ4v) is 6.32. The maximum atomic E-state index is 12.9. The fraction of sp³-hybridized carbons (Fsp3) is 0.500. The predicted octanol–water partition coefficient (Wildman–Crippen LogP) is 4.33. The van der Waals surface area contributed by atoms with Crippen molar-refractivity contribution in [2.45, 2.75) is 61.9 Å². The van der Waals surface area contributed by atoms with Crippen LogP contribution in [0.5, 0.6) is 5.75 Å². The van der Waals surface area contributed by atoms with Crippen molar-refractivity contribution in [2.75, 3.05) is 12.9 Å². The Balaban J connectivity index is 1.41. The van der Waals surface area contributed by atoms with Crippen molar-refractivity contribution in [3.8, 4) is 5.75 Å². The van der Waals surface area contributed by atoms with Gasteiger partial charge in [-0.2, -0.15) is 0 Å². The van der Waals surface area contributed by atoms with Gasteiger partial charge in [0.2, 0.25) is 0 Å². The van der Waals surface area contributed by atoms with E-state index in [1.54, 1.807) is 37.4 Å². The molecule has 2 aromatic rings. The van der Waals surface area contributed by atoms with Crippen molar-refractivity contribution in [1.82, 2.24) is 0 Å². The van der Waals surface area contributed by atoms with Crippen LogP contribution in [-0.2, 0) is 31.0 Å². The van der Waals surface area contributed by atoms with Crippen LogP contribution in [0.3, 0.4) is 0 Å². The van der Waals surface area contributed by atoms with E-state index < -0.39 is 21.0 Å². The standard InChI is InChI=1S/C24H30O6S/c1-23(28-16-18-9-11-20(27-3)12-10-18)14-13-19-15-22(23)29-30-24(19,2)17-31(25,26)21-7-5-4-6-8-21/h4-12,19,22H,13-17H2,1-3H3/t19?,22?,23?,24-/m0/s1. The van der Waals surface area contributed by atoms with Crippen LogP contribution in [-0.4, -0.2) is 38.6 Å². The third kappa shape index (κ3) is 4.65. The fourth-order valence-electron chi connectivity index (χ4n) is 4.54. The lowest BCUT2D eigenvalue weighted by Gasteiger charge is -2.52. The summed E-state index contributed by atoms with van der Waals surface area (Å²) < 4.78 is 37.3. The van der Waals surface area contributed by atoms with E-state index >= 15 is 0 Å². The molecule has 1 saturated heterocycles. The molecule has 4 rings (SSSR count). The lowest BCUT2D eigenvalue weighted by Crippen LogP contribution is -2.59. The van der Waals surface area contributed by atoms with E-state index in [-0.39, 0.29) is 17.8 Å². The first-order valence-electron chi connectivity index (χ1n) is 10.6. The monoisotopic (exact) mass is 446 g/mol. The second-order valence-corrected chi connectivity index (χ2v) is 11.0. The van der Waals surface area contributed by atoms with E-state index in [4.69, 9.17) is 19.2 Å². The summed E-state index contributed by atoms with van der Waals surface area (Å²) in [6.45, 7) is 4.35. The maximum absolute atomic E-state index is 12.9. The molecule has 2 aromatic carbocycles. The highest BCUT2D eigenvalue weighted by molar-refractivity contribution is 7.91. The number of ether oxygens (including phenoxy) is 2. The van der Waals surface area contributed by atoms with Gasteiger partial charge in [0.1, 0.15) is 17.5 Å². The summed E-state index contributed by atoms with van der Waals surface area (Å²) in [6.07, 6.45) is 2.07. The Hall–Kier alpha value is -1.93. The Kier molecular flexibility index (Phi) is 6.14. The highest BCUT2D eigenvalue weighted by Crippen LogP contribution is 2.47. The molecule has 1 saturated carbocycles. The smallest absolute Gasteiger partial charge is 0.181 e. The van der Waals surface area contributed by atoms with Crippen molar-refractivity contribution in [2.24, 2.45) is 5.92 Å². The first-order valence-corrected chi connectivity index (χ1v) is 12.3. The van der Waals surface area contributed by atoms with Gasteiger partial charge in [-0.1, -0.05) is 30.3 Å². The highest BCUT2D eigenvalue weighted by atomic mass is 32.2. The first kappa shape index (κ1) is 22.3. The molecule has 1 aliphatic heterocycles. The van der Waals surface area contributed by atoms with Gasteiger partial charge in [0, 0.05) is 0 Å². The summed E-state index contributed by atoms with van der Waals surface area (Å²) in [5.41, 5.74) is -0.321. The topological polar surface area (TPSA) is 71.1 Å². The summed E-state index contributed by atoms with van der Waals surface area (Å²) in [5, 5.41) is 0. The molecule has 0 spiro atoms. The average molecular weight is 447 g/mol. The van der Waals surface area contributed by atoms with E-state index in [0.29, 0.717) is 17.9 Å². The van der Waals surface area contributed by atoms with Gasteiger partial charge >= 0.3 is 0 Å². The van der Waals surface area contributed by atoms with Crippen LogP contribution in [0.25, 0.3) is 0 Å². The number of rotatable bonds is 7. The Morgan fingerprint density at radius 2 is 1.77 bits per heavy atom. The van der Waals surface area contributed by atoms with Gasteiger partial charge in [-0.05, 0) is 68.9 Å². The van der Waals surface area contributed by atoms with Gasteiger partial charge < -0.3 is 9.47 Å². The Morgan fingerprint density at radius 3 is 2.45 bits per heavy atom. The molecule has 4 atom stereocenters. The van der Waals surface area contributed by atoms with Gasteiger partial charge in [0.25, 0.3) is 0 Å². The zero-order chi connectivity index (χ0) is 22.1. The molecular weight excluding hydrogens is 416 g/mol. The molecule has 0 amide bonds. The minimum absolute atomic E-state index is 0.0856. The summed E-state index contributed by atoms with van der Waals surface area (Å²) >= 11 is 0. The largest absolute Gasteiger partial charge is 0.497 e. The van der Waals surface area contributed by atoms with Crippen molar-refractivity contribution in [3.05, 3.63) is 60.2 Å². The molecule has 1 aliphatic carbocycles. The van der Waals surface area contributed by atoms with E-state index in [0.717, 1.165) is 24.2 Å². The summed E-state index contributed by atoms with van der Waals surface area (Å²) in [4.78, 5) is 11.9. The molecule has 7 heteroatoms. The van der Waals surface area contributed by atoms with Gasteiger partial charge in [0.05, 0.1) is 30.0 Å². The normalized spacial score (nSPS) is 30.7. The van der Waals surface area contributed by atoms with Crippen molar-refractivity contribution in [1.29, 1.82) is 0 Å². The predicted molar refractivity (Wildman–Crippen MR) is 116 cm³/mol. The SMILES string of the molecule is COc1ccc(COC2(C)CCC3CC2OO[C@@]3(C)CS(=O)(=O)c2ccccc2)cc1. The molecule has 3 unspecified atom stereocenters. The minimum Gasteiger partial charge on any atom is -0.497 e. The average Bonchev–Trinajstić information content (AvgIpc) is 2.77. The van der Waals surface area contributed by atoms with Crippen LogP contribution in [0.15, 0.2) is 59.5 Å². The number of benzene rings is 2. The molecule has 6 nitrogen and oxygen atoms in total. The Labute approximate surface area is 184 Å². The maximum Gasteiger partial charge on any atom is 0.181 e. The third-order valence-electron chi connectivity index (χ3n) is 6.69. The third-order valence-corrected chi connectivity index (χ3v) is 8.64. The van der Waals surface area contributed by atoms with Gasteiger partial charge in [-0.3, -0.25) is 0 Å². The summed E-state index contributed by atoms with van der Waals surface area (Å²) in [5.74, 6) is 0.789. The van der Waals surface area contributed by atoms with Crippen molar-refractivity contribution in [3.63, 3.8) is 0 Å². The van der Waals surface area contributed by atoms with Crippen LogP contribution in [0.4, 0.5) is 0 Å². The van der Waals surface area contributed by atoms with Gasteiger partial charge in [-0.25, -0.2) is 18.2 Å². The number of fused-ring (bicyclic) bond motifs is 2. The zero-order valence-corrected chi connectivity index (χ0v) is 19.1. The summed E-state index contributed by atoms with van der Waals surface area (Å²) in [7, 11) is -1.84. The van der Waals surface area contributed by atoms with E-state index in [2.05, 4.69) is 0 Å². The summed E-state index contributed by atoms with van der Waals surface area (Å²) in [6, 6.07) is 16.3. The van der Waals surface area contributed by atoms with E-state index in [1.165, 1.54) is 0 Å². The quantitative estimate of drug-likeness (QED) is 0.590. The van der Waals surface area contributed by atoms with E-state index in [9.17, 15) is 8.42 Å². The second kappa shape index (κ2) is 8.54. The number of sulfone groups is 1. The lowest BCUT2D eigenvalue weighted by molar-refractivity contribution is -0.444. The van der Waals surface area contributed by atoms with Crippen LogP contribution in [0, 0.1) is 5.92 Å². The van der Waals surface area contributed by atoms with Gasteiger partial charge in [-0.15, -0.1) is 0 Å².